The van der Waals surface area contributed by atoms with Gasteiger partial charge in [-0.25, -0.2) is 0 Å². The van der Waals surface area contributed by atoms with Crippen molar-refractivity contribution in [1.82, 2.24) is 9.80 Å². The van der Waals surface area contributed by atoms with Gasteiger partial charge >= 0.3 is 5.97 Å². The van der Waals surface area contributed by atoms with Crippen LogP contribution in [0.2, 0.25) is 0 Å². The largest absolute Gasteiger partial charge is 0.466 e. The summed E-state index contributed by atoms with van der Waals surface area (Å²) in [4.78, 5) is 27.6. The molecule has 1 heterocycles. The van der Waals surface area contributed by atoms with E-state index in [1.165, 1.54) is 0 Å². The van der Waals surface area contributed by atoms with Crippen molar-refractivity contribution in [2.24, 2.45) is 0 Å². The second kappa shape index (κ2) is 7.60. The molecular formula is C14H26N2O3. The average Bonchev–Trinajstić information content (AvgIpc) is 2.34. The van der Waals surface area contributed by atoms with Gasteiger partial charge in [-0.1, -0.05) is 0 Å². The molecule has 1 fully saturated rings. The fourth-order valence-electron chi connectivity index (χ4n) is 2.45. The van der Waals surface area contributed by atoms with Crippen LogP contribution in [0.15, 0.2) is 0 Å². The Balaban J connectivity index is 2.31. The number of carbonyl (C=O) groups excluding carboxylic acids is 2. The van der Waals surface area contributed by atoms with Crippen molar-refractivity contribution in [2.45, 2.75) is 45.7 Å². The van der Waals surface area contributed by atoms with Gasteiger partial charge < -0.3 is 4.74 Å². The van der Waals surface area contributed by atoms with Crippen molar-refractivity contribution < 1.29 is 14.3 Å². The maximum atomic E-state index is 11.9. The SMILES string of the molecule is CCOC(=O)CCC(=O)CN1CC(C)N(C)C(C)C1. The molecule has 0 amide bonds. The first kappa shape index (κ1) is 16.1. The minimum atomic E-state index is -0.282. The van der Waals surface area contributed by atoms with Gasteiger partial charge in [-0.15, -0.1) is 0 Å². The van der Waals surface area contributed by atoms with Gasteiger partial charge in [0, 0.05) is 31.6 Å². The third kappa shape index (κ3) is 5.28. The predicted octanol–water partition coefficient (Wildman–Crippen LogP) is 0.923. The molecule has 0 aromatic rings. The normalized spacial score (nSPS) is 25.3. The van der Waals surface area contributed by atoms with Crippen molar-refractivity contribution in [3.63, 3.8) is 0 Å². The monoisotopic (exact) mass is 270 g/mol. The quantitative estimate of drug-likeness (QED) is 0.672. The fourth-order valence-corrected chi connectivity index (χ4v) is 2.45. The molecule has 1 aliphatic rings. The molecule has 2 atom stereocenters. The number of nitrogens with zero attached hydrogens (tertiary/aromatic N) is 2. The number of hydrogen-bond donors (Lipinski definition) is 0. The lowest BCUT2D eigenvalue weighted by molar-refractivity contribution is -0.144. The Bertz CT molecular complexity index is 308. The molecule has 0 saturated carbocycles. The van der Waals surface area contributed by atoms with E-state index in [1.807, 2.05) is 0 Å². The summed E-state index contributed by atoms with van der Waals surface area (Å²) in [6, 6.07) is 0.920. The minimum absolute atomic E-state index is 0.122. The molecule has 0 aromatic carbocycles. The third-order valence-electron chi connectivity index (χ3n) is 3.75. The second-order valence-electron chi connectivity index (χ2n) is 5.40. The van der Waals surface area contributed by atoms with E-state index in [0.717, 1.165) is 13.1 Å². The summed E-state index contributed by atoms with van der Waals surface area (Å²) in [6.07, 6.45) is 0.486. The van der Waals surface area contributed by atoms with Crippen molar-refractivity contribution in [3.05, 3.63) is 0 Å². The molecule has 0 aromatic heterocycles. The molecule has 0 spiro atoms. The third-order valence-corrected chi connectivity index (χ3v) is 3.75. The number of hydrogen-bond acceptors (Lipinski definition) is 5. The molecule has 0 aliphatic carbocycles. The standard InChI is InChI=1S/C14H26N2O3/c1-5-19-14(18)7-6-13(17)10-16-8-11(2)15(4)12(3)9-16/h11-12H,5-10H2,1-4H3. The van der Waals surface area contributed by atoms with Crippen molar-refractivity contribution in [3.8, 4) is 0 Å². The maximum Gasteiger partial charge on any atom is 0.306 e. The van der Waals surface area contributed by atoms with Crippen LogP contribution in [0.5, 0.6) is 0 Å². The lowest BCUT2D eigenvalue weighted by Gasteiger charge is -2.42. The van der Waals surface area contributed by atoms with Crippen molar-refractivity contribution >= 4 is 11.8 Å². The summed E-state index contributed by atoms with van der Waals surface area (Å²) in [5, 5.41) is 0. The van der Waals surface area contributed by atoms with E-state index >= 15 is 0 Å². The Morgan fingerprint density at radius 3 is 2.26 bits per heavy atom. The van der Waals surface area contributed by atoms with Crippen LogP contribution in [0.4, 0.5) is 0 Å². The molecule has 0 radical (unpaired) electrons. The fraction of sp³-hybridized carbons (Fsp3) is 0.857. The lowest BCUT2D eigenvalue weighted by Crippen LogP contribution is -2.55. The van der Waals surface area contributed by atoms with Crippen LogP contribution < -0.4 is 0 Å². The number of Topliss-reactive ketones (excluding diaryl/α,β-unsaturated/α-hetero) is 1. The van der Waals surface area contributed by atoms with Crippen molar-refractivity contribution in [2.75, 3.05) is 33.3 Å². The first-order valence-electron chi connectivity index (χ1n) is 7.05. The van der Waals surface area contributed by atoms with E-state index in [9.17, 15) is 9.59 Å². The average molecular weight is 270 g/mol. The van der Waals surface area contributed by atoms with E-state index in [0.29, 0.717) is 25.2 Å². The first-order valence-corrected chi connectivity index (χ1v) is 7.05. The highest BCUT2D eigenvalue weighted by atomic mass is 16.5. The van der Waals surface area contributed by atoms with Gasteiger partial charge in [0.25, 0.3) is 0 Å². The number of ether oxygens (including phenoxy) is 1. The smallest absolute Gasteiger partial charge is 0.306 e. The number of carbonyl (C=O) groups is 2. The number of rotatable bonds is 6. The van der Waals surface area contributed by atoms with Crippen molar-refractivity contribution in [1.29, 1.82) is 0 Å². The van der Waals surface area contributed by atoms with Gasteiger partial charge in [-0.3, -0.25) is 19.4 Å². The molecule has 19 heavy (non-hydrogen) atoms. The zero-order valence-corrected chi connectivity index (χ0v) is 12.5. The van der Waals surface area contributed by atoms with Gasteiger partial charge in [0.15, 0.2) is 0 Å². The Morgan fingerprint density at radius 1 is 1.16 bits per heavy atom. The second-order valence-corrected chi connectivity index (χ2v) is 5.40. The number of esters is 1. The van der Waals surface area contributed by atoms with Gasteiger partial charge in [0.2, 0.25) is 0 Å². The van der Waals surface area contributed by atoms with Crippen LogP contribution >= 0.6 is 0 Å². The summed E-state index contributed by atoms with van der Waals surface area (Å²) in [7, 11) is 2.12. The van der Waals surface area contributed by atoms with E-state index in [-0.39, 0.29) is 24.6 Å². The van der Waals surface area contributed by atoms with E-state index < -0.39 is 0 Å². The van der Waals surface area contributed by atoms with E-state index in [2.05, 4.69) is 30.7 Å². The maximum absolute atomic E-state index is 11.9. The lowest BCUT2D eigenvalue weighted by atomic mass is 10.1. The number of piperazine rings is 1. The van der Waals surface area contributed by atoms with Gasteiger partial charge in [0.05, 0.1) is 19.6 Å². The summed E-state index contributed by atoms with van der Waals surface area (Å²) in [5.74, 6) is -0.159. The van der Waals surface area contributed by atoms with Crippen LogP contribution in [-0.2, 0) is 14.3 Å². The van der Waals surface area contributed by atoms with Crippen LogP contribution in [0.3, 0.4) is 0 Å². The number of ketones is 1. The summed E-state index contributed by atoms with van der Waals surface area (Å²) >= 11 is 0. The van der Waals surface area contributed by atoms with E-state index in [1.54, 1.807) is 6.92 Å². The van der Waals surface area contributed by atoms with Gasteiger partial charge in [0.1, 0.15) is 5.78 Å². The predicted molar refractivity (Wildman–Crippen MR) is 74.0 cm³/mol. The minimum Gasteiger partial charge on any atom is -0.466 e. The highest BCUT2D eigenvalue weighted by Gasteiger charge is 2.27. The highest BCUT2D eigenvalue weighted by molar-refractivity contribution is 5.84. The first-order chi connectivity index (χ1) is 8.93. The molecule has 1 saturated heterocycles. The van der Waals surface area contributed by atoms with Crippen LogP contribution in [0.25, 0.3) is 0 Å². The van der Waals surface area contributed by atoms with Gasteiger partial charge in [-0.05, 0) is 27.8 Å². The molecule has 5 heteroatoms. The van der Waals surface area contributed by atoms with Gasteiger partial charge in [-0.2, -0.15) is 0 Å². The molecule has 110 valence electrons. The van der Waals surface area contributed by atoms with Crippen LogP contribution in [0.1, 0.15) is 33.6 Å². The molecule has 5 nitrogen and oxygen atoms in total. The Morgan fingerprint density at radius 2 is 1.74 bits per heavy atom. The zero-order chi connectivity index (χ0) is 14.4. The molecule has 2 unspecified atom stereocenters. The topological polar surface area (TPSA) is 49.9 Å². The summed E-state index contributed by atoms with van der Waals surface area (Å²) in [5.41, 5.74) is 0. The Hall–Kier alpha value is -0.940. The summed E-state index contributed by atoms with van der Waals surface area (Å²) < 4.78 is 4.82. The highest BCUT2D eigenvalue weighted by Crippen LogP contribution is 2.13. The molecule has 1 aliphatic heterocycles. The van der Waals surface area contributed by atoms with Crippen LogP contribution in [-0.4, -0.2) is 66.9 Å². The molecular weight excluding hydrogens is 244 g/mol. The van der Waals surface area contributed by atoms with Crippen LogP contribution in [0, 0.1) is 0 Å². The molecule has 0 N–H and O–H groups in total. The molecule has 0 bridgehead atoms. The Kier molecular flexibility index (Phi) is 6.45. The molecule has 1 rings (SSSR count). The van der Waals surface area contributed by atoms with E-state index in [4.69, 9.17) is 4.74 Å². The number of likely N-dealkylation sites (N-methyl/N-ethyl adjacent to an activating group) is 1. The summed E-state index contributed by atoms with van der Waals surface area (Å²) in [6.45, 7) is 8.75. The Labute approximate surface area is 115 Å². The zero-order valence-electron chi connectivity index (χ0n) is 12.5.